The second kappa shape index (κ2) is 8.82. The van der Waals surface area contributed by atoms with Crippen molar-refractivity contribution >= 4 is 16.0 Å². The summed E-state index contributed by atoms with van der Waals surface area (Å²) >= 11 is 0. The maximum atomic E-state index is 12.7. The topological polar surface area (TPSA) is 72.9 Å². The lowest BCUT2D eigenvalue weighted by atomic mass is 10.2. The minimum Gasteiger partial charge on any atom is -0.494 e. The molecule has 0 radical (unpaired) electrons. The highest BCUT2D eigenvalue weighted by atomic mass is 32.2. The van der Waals surface area contributed by atoms with Gasteiger partial charge in [-0.3, -0.25) is 0 Å². The molecule has 140 valence electrons. The molecule has 0 saturated carbocycles. The van der Waals surface area contributed by atoms with Crippen molar-refractivity contribution in [3.05, 3.63) is 59.7 Å². The second-order valence-electron chi connectivity index (χ2n) is 5.58. The summed E-state index contributed by atoms with van der Waals surface area (Å²) in [5, 5.41) is 0. The molecule has 2 rings (SSSR count). The second-order valence-corrected chi connectivity index (χ2v) is 7.63. The van der Waals surface area contributed by atoms with Crippen molar-refractivity contribution in [1.29, 1.82) is 0 Å². The molecule has 26 heavy (non-hydrogen) atoms. The highest BCUT2D eigenvalue weighted by Crippen LogP contribution is 2.19. The zero-order valence-electron chi connectivity index (χ0n) is 15.1. The third-order valence-corrected chi connectivity index (χ3v) is 5.53. The molecule has 0 atom stereocenters. The lowest BCUT2D eigenvalue weighted by molar-refractivity contribution is 0.0526. The minimum absolute atomic E-state index is 0.124. The molecule has 0 aromatic heterocycles. The SMILES string of the molecule is CCOC(=O)c1ccc(S(=O)(=O)N(C)Cc2ccc(OCC)cc2)cc1. The molecule has 0 aliphatic carbocycles. The summed E-state index contributed by atoms with van der Waals surface area (Å²) in [6, 6.07) is 13.0. The van der Waals surface area contributed by atoms with E-state index < -0.39 is 16.0 Å². The number of nitrogens with zero attached hydrogens (tertiary/aromatic N) is 1. The average Bonchev–Trinajstić information content (AvgIpc) is 2.64. The van der Waals surface area contributed by atoms with Gasteiger partial charge in [-0.2, -0.15) is 4.31 Å². The van der Waals surface area contributed by atoms with Crippen LogP contribution in [0.2, 0.25) is 0 Å². The Morgan fingerprint density at radius 2 is 1.58 bits per heavy atom. The van der Waals surface area contributed by atoms with E-state index in [1.165, 1.54) is 35.6 Å². The Hall–Kier alpha value is -2.38. The number of esters is 1. The van der Waals surface area contributed by atoms with Crippen LogP contribution in [0.1, 0.15) is 29.8 Å². The number of hydrogen-bond acceptors (Lipinski definition) is 5. The van der Waals surface area contributed by atoms with E-state index in [1.807, 2.05) is 31.2 Å². The monoisotopic (exact) mass is 377 g/mol. The highest BCUT2D eigenvalue weighted by molar-refractivity contribution is 7.89. The molecule has 0 saturated heterocycles. The van der Waals surface area contributed by atoms with E-state index in [0.29, 0.717) is 12.2 Å². The summed E-state index contributed by atoms with van der Waals surface area (Å²) in [5.41, 5.74) is 1.17. The number of ether oxygens (including phenoxy) is 2. The first-order valence-electron chi connectivity index (χ1n) is 8.33. The number of hydrogen-bond donors (Lipinski definition) is 0. The van der Waals surface area contributed by atoms with E-state index in [1.54, 1.807) is 6.92 Å². The molecule has 2 aromatic carbocycles. The van der Waals surface area contributed by atoms with Crippen LogP contribution in [0.5, 0.6) is 5.75 Å². The Balaban J connectivity index is 2.11. The van der Waals surface area contributed by atoms with Crippen molar-refractivity contribution in [3.8, 4) is 5.75 Å². The molecular formula is C19H23NO5S. The van der Waals surface area contributed by atoms with Crippen LogP contribution in [0.4, 0.5) is 0 Å². The van der Waals surface area contributed by atoms with Crippen molar-refractivity contribution < 1.29 is 22.7 Å². The van der Waals surface area contributed by atoms with Crippen LogP contribution in [-0.4, -0.2) is 39.0 Å². The van der Waals surface area contributed by atoms with Crippen LogP contribution in [0, 0.1) is 0 Å². The van der Waals surface area contributed by atoms with Crippen molar-refractivity contribution in [2.45, 2.75) is 25.3 Å². The van der Waals surface area contributed by atoms with E-state index in [4.69, 9.17) is 9.47 Å². The normalized spacial score (nSPS) is 11.4. The van der Waals surface area contributed by atoms with Crippen molar-refractivity contribution in [2.75, 3.05) is 20.3 Å². The van der Waals surface area contributed by atoms with E-state index in [0.717, 1.165) is 11.3 Å². The predicted octanol–water partition coefficient (Wildman–Crippen LogP) is 3.08. The van der Waals surface area contributed by atoms with Crippen LogP contribution in [0.15, 0.2) is 53.4 Å². The molecule has 0 spiro atoms. The smallest absolute Gasteiger partial charge is 0.338 e. The summed E-state index contributed by atoms with van der Waals surface area (Å²) in [7, 11) is -2.14. The van der Waals surface area contributed by atoms with Gasteiger partial charge in [0.05, 0.1) is 23.7 Å². The molecule has 0 unspecified atom stereocenters. The van der Waals surface area contributed by atoms with Crippen molar-refractivity contribution in [3.63, 3.8) is 0 Å². The molecule has 6 nitrogen and oxygen atoms in total. The number of carbonyl (C=O) groups excluding carboxylic acids is 1. The molecule has 2 aromatic rings. The number of sulfonamides is 1. The maximum Gasteiger partial charge on any atom is 0.338 e. The van der Waals surface area contributed by atoms with Crippen LogP contribution in [-0.2, 0) is 21.3 Å². The van der Waals surface area contributed by atoms with Crippen LogP contribution in [0.25, 0.3) is 0 Å². The van der Waals surface area contributed by atoms with Gasteiger partial charge in [-0.1, -0.05) is 12.1 Å². The predicted molar refractivity (Wildman–Crippen MR) is 98.7 cm³/mol. The Labute approximate surface area is 154 Å². The lowest BCUT2D eigenvalue weighted by Gasteiger charge is -2.17. The fourth-order valence-corrected chi connectivity index (χ4v) is 3.52. The van der Waals surface area contributed by atoms with Crippen molar-refractivity contribution in [2.24, 2.45) is 0 Å². The standard InChI is InChI=1S/C19H23NO5S/c1-4-24-17-10-6-15(7-11-17)14-20(3)26(22,23)18-12-8-16(9-13-18)19(21)25-5-2/h6-13H,4-5,14H2,1-3H3. The summed E-state index contributed by atoms with van der Waals surface area (Å²) in [6.45, 7) is 4.70. The molecule has 0 aliphatic rings. The Morgan fingerprint density at radius 3 is 2.12 bits per heavy atom. The van der Waals surface area contributed by atoms with E-state index in [-0.39, 0.29) is 18.0 Å². The fourth-order valence-electron chi connectivity index (χ4n) is 2.36. The van der Waals surface area contributed by atoms with Gasteiger partial charge in [0.1, 0.15) is 5.75 Å². The molecule has 0 amide bonds. The molecule has 0 heterocycles. The van der Waals surface area contributed by atoms with E-state index in [9.17, 15) is 13.2 Å². The van der Waals surface area contributed by atoms with Gasteiger partial charge < -0.3 is 9.47 Å². The fraction of sp³-hybridized carbons (Fsp3) is 0.316. The first-order chi connectivity index (χ1) is 12.4. The maximum absolute atomic E-state index is 12.7. The van der Waals surface area contributed by atoms with Gasteiger partial charge in [0.15, 0.2) is 0 Å². The van der Waals surface area contributed by atoms with Crippen LogP contribution < -0.4 is 4.74 Å². The quantitative estimate of drug-likeness (QED) is 0.661. The highest BCUT2D eigenvalue weighted by Gasteiger charge is 2.21. The zero-order valence-corrected chi connectivity index (χ0v) is 16.0. The van der Waals surface area contributed by atoms with Crippen LogP contribution in [0.3, 0.4) is 0 Å². The Kier molecular flexibility index (Phi) is 6.76. The number of benzene rings is 2. The number of carbonyl (C=O) groups is 1. The molecular weight excluding hydrogens is 354 g/mol. The molecule has 7 heteroatoms. The molecule has 0 fully saturated rings. The summed E-state index contributed by atoms with van der Waals surface area (Å²) < 4.78 is 36.9. The minimum atomic E-state index is -3.66. The summed E-state index contributed by atoms with van der Waals surface area (Å²) in [4.78, 5) is 11.8. The van der Waals surface area contributed by atoms with Crippen molar-refractivity contribution in [1.82, 2.24) is 4.31 Å². The summed E-state index contributed by atoms with van der Waals surface area (Å²) in [6.07, 6.45) is 0. The van der Waals surface area contributed by atoms with Gasteiger partial charge in [0, 0.05) is 13.6 Å². The lowest BCUT2D eigenvalue weighted by Crippen LogP contribution is -2.26. The van der Waals surface area contributed by atoms with Gasteiger partial charge in [0.25, 0.3) is 0 Å². The van der Waals surface area contributed by atoms with Gasteiger partial charge >= 0.3 is 5.97 Å². The molecule has 0 N–H and O–H groups in total. The first kappa shape index (κ1) is 19.9. The van der Waals surface area contributed by atoms with Gasteiger partial charge in [-0.25, -0.2) is 13.2 Å². The Bertz CT molecular complexity index is 829. The van der Waals surface area contributed by atoms with E-state index >= 15 is 0 Å². The van der Waals surface area contributed by atoms with E-state index in [2.05, 4.69) is 0 Å². The van der Waals surface area contributed by atoms with Crippen LogP contribution >= 0.6 is 0 Å². The third-order valence-electron chi connectivity index (χ3n) is 3.71. The van der Waals surface area contributed by atoms with Gasteiger partial charge in [-0.15, -0.1) is 0 Å². The third kappa shape index (κ3) is 4.83. The number of rotatable bonds is 8. The zero-order chi connectivity index (χ0) is 19.2. The molecule has 0 aliphatic heterocycles. The average molecular weight is 377 g/mol. The van der Waals surface area contributed by atoms with Gasteiger partial charge in [0.2, 0.25) is 10.0 Å². The first-order valence-corrected chi connectivity index (χ1v) is 9.77. The van der Waals surface area contributed by atoms with Gasteiger partial charge in [-0.05, 0) is 55.8 Å². The largest absolute Gasteiger partial charge is 0.494 e. The molecule has 0 bridgehead atoms. The Morgan fingerprint density at radius 1 is 0.962 bits per heavy atom. The summed E-state index contributed by atoms with van der Waals surface area (Å²) in [5.74, 6) is 0.274.